The van der Waals surface area contributed by atoms with Crippen molar-refractivity contribution in [2.75, 3.05) is 45.8 Å². The van der Waals surface area contributed by atoms with Gasteiger partial charge in [0.15, 0.2) is 0 Å². The van der Waals surface area contributed by atoms with E-state index in [1.165, 1.54) is 0 Å². The van der Waals surface area contributed by atoms with Gasteiger partial charge in [-0.2, -0.15) is 0 Å². The summed E-state index contributed by atoms with van der Waals surface area (Å²) in [5.74, 6) is 1.19. The number of likely N-dealkylation sites (N-methyl/N-ethyl adjacent to an activating group) is 1. The maximum atomic E-state index is 12.6. The lowest BCUT2D eigenvalue weighted by molar-refractivity contribution is -0.137. The van der Waals surface area contributed by atoms with E-state index in [9.17, 15) is 9.59 Å². The molecule has 0 radical (unpaired) electrons. The van der Waals surface area contributed by atoms with E-state index in [1.54, 1.807) is 0 Å². The van der Waals surface area contributed by atoms with Gasteiger partial charge in [0.25, 0.3) is 0 Å². The fourth-order valence-electron chi connectivity index (χ4n) is 4.55. The quantitative estimate of drug-likeness (QED) is 0.748. The van der Waals surface area contributed by atoms with Gasteiger partial charge in [-0.1, -0.05) is 6.92 Å². The van der Waals surface area contributed by atoms with Gasteiger partial charge < -0.3 is 20.4 Å². The number of amides is 2. The minimum Gasteiger partial charge on any atom is -0.342 e. The second kappa shape index (κ2) is 11.4. The molecule has 0 aromatic carbocycles. The van der Waals surface area contributed by atoms with Crippen LogP contribution in [0.25, 0.3) is 0 Å². The molecule has 2 unspecified atom stereocenters. The van der Waals surface area contributed by atoms with Gasteiger partial charge in [0.2, 0.25) is 11.8 Å². The molecule has 2 amide bonds. The van der Waals surface area contributed by atoms with E-state index in [4.69, 9.17) is 5.73 Å². The van der Waals surface area contributed by atoms with Crippen LogP contribution in [0.1, 0.15) is 45.4 Å². The Morgan fingerprint density at radius 1 is 0.889 bits per heavy atom. The third-order valence-corrected chi connectivity index (χ3v) is 6.38. The highest BCUT2D eigenvalue weighted by atomic mass is 35.5. The maximum absolute atomic E-state index is 12.6. The first-order valence-electron chi connectivity index (χ1n) is 10.1. The summed E-state index contributed by atoms with van der Waals surface area (Å²) in [6.07, 6.45) is 5.36. The van der Waals surface area contributed by atoms with Gasteiger partial charge in [-0.05, 0) is 44.6 Å². The van der Waals surface area contributed by atoms with Crippen LogP contribution in [0.3, 0.4) is 0 Å². The molecule has 158 valence electrons. The molecule has 0 bridgehead atoms. The van der Waals surface area contributed by atoms with Crippen LogP contribution < -0.4 is 5.73 Å². The molecule has 8 heteroatoms. The van der Waals surface area contributed by atoms with Gasteiger partial charge >= 0.3 is 0 Å². The average molecular weight is 423 g/mol. The Morgan fingerprint density at radius 3 is 2.04 bits per heavy atom. The lowest BCUT2D eigenvalue weighted by Gasteiger charge is -2.36. The Hall–Kier alpha value is -0.560. The number of piperidine rings is 1. The molecule has 0 aromatic heterocycles. The fraction of sp³-hybridized carbons (Fsp3) is 0.895. The van der Waals surface area contributed by atoms with E-state index in [1.807, 2.05) is 9.80 Å². The molecule has 27 heavy (non-hydrogen) atoms. The topological polar surface area (TPSA) is 69.9 Å². The van der Waals surface area contributed by atoms with E-state index in [2.05, 4.69) is 11.8 Å². The largest absolute Gasteiger partial charge is 0.342 e. The molecular weight excluding hydrogens is 387 g/mol. The van der Waals surface area contributed by atoms with Crippen molar-refractivity contribution in [2.45, 2.75) is 51.5 Å². The Balaban J connectivity index is 0.00000182. The van der Waals surface area contributed by atoms with E-state index >= 15 is 0 Å². The van der Waals surface area contributed by atoms with Crippen LogP contribution in [-0.2, 0) is 9.59 Å². The summed E-state index contributed by atoms with van der Waals surface area (Å²) in [7, 11) is 0. The Labute approximate surface area is 176 Å². The lowest BCUT2D eigenvalue weighted by Crippen LogP contribution is -2.49. The maximum Gasteiger partial charge on any atom is 0.225 e. The van der Waals surface area contributed by atoms with E-state index in [-0.39, 0.29) is 36.8 Å². The zero-order valence-corrected chi connectivity index (χ0v) is 18.1. The molecule has 2 aliphatic heterocycles. The van der Waals surface area contributed by atoms with E-state index in [0.717, 1.165) is 77.9 Å². The molecule has 3 fully saturated rings. The third-order valence-electron chi connectivity index (χ3n) is 6.38. The van der Waals surface area contributed by atoms with Crippen molar-refractivity contribution in [1.29, 1.82) is 0 Å². The van der Waals surface area contributed by atoms with Crippen molar-refractivity contribution < 1.29 is 9.59 Å². The van der Waals surface area contributed by atoms with Crippen molar-refractivity contribution in [2.24, 2.45) is 17.6 Å². The van der Waals surface area contributed by atoms with Crippen LogP contribution >= 0.6 is 24.8 Å². The zero-order valence-electron chi connectivity index (χ0n) is 16.5. The highest BCUT2D eigenvalue weighted by molar-refractivity contribution is 5.85. The summed E-state index contributed by atoms with van der Waals surface area (Å²) < 4.78 is 0. The molecule has 6 nitrogen and oxygen atoms in total. The van der Waals surface area contributed by atoms with Crippen LogP contribution in [0.15, 0.2) is 0 Å². The second-order valence-corrected chi connectivity index (χ2v) is 8.06. The first kappa shape index (κ1) is 24.5. The number of hydrogen-bond acceptors (Lipinski definition) is 4. The van der Waals surface area contributed by atoms with E-state index in [0.29, 0.717) is 24.2 Å². The van der Waals surface area contributed by atoms with Crippen LogP contribution in [-0.4, -0.2) is 78.4 Å². The van der Waals surface area contributed by atoms with Crippen molar-refractivity contribution in [3.8, 4) is 0 Å². The smallest absolute Gasteiger partial charge is 0.225 e. The molecule has 3 aliphatic rings. The van der Waals surface area contributed by atoms with Crippen molar-refractivity contribution >= 4 is 36.6 Å². The predicted molar refractivity (Wildman–Crippen MR) is 112 cm³/mol. The first-order chi connectivity index (χ1) is 12.1. The highest BCUT2D eigenvalue weighted by Crippen LogP contribution is 2.29. The second-order valence-electron chi connectivity index (χ2n) is 8.06. The highest BCUT2D eigenvalue weighted by Gasteiger charge is 2.33. The number of hydrogen-bond donors (Lipinski definition) is 1. The Bertz CT molecular complexity index is 478. The fourth-order valence-corrected chi connectivity index (χ4v) is 4.55. The number of halogens is 2. The van der Waals surface area contributed by atoms with Gasteiger partial charge in [-0.15, -0.1) is 24.8 Å². The standard InChI is InChI=1S/C19H34N4O2.2ClH/c1-2-21-9-11-22(12-10-21)18(24)13-15-5-7-23(8-6-15)19(25)16-3-4-17(20)14-16;;/h15-17H,2-14,20H2,1H3;2*1H. The van der Waals surface area contributed by atoms with Gasteiger partial charge in [-0.3, -0.25) is 9.59 Å². The Kier molecular flexibility index (Phi) is 10.4. The van der Waals surface area contributed by atoms with Gasteiger partial charge in [-0.25, -0.2) is 0 Å². The summed E-state index contributed by atoms with van der Waals surface area (Å²) in [6, 6.07) is 0.206. The molecule has 2 atom stereocenters. The number of rotatable bonds is 4. The van der Waals surface area contributed by atoms with Crippen molar-refractivity contribution in [3.05, 3.63) is 0 Å². The van der Waals surface area contributed by atoms with Crippen LogP contribution in [0.2, 0.25) is 0 Å². The van der Waals surface area contributed by atoms with Crippen LogP contribution in [0.5, 0.6) is 0 Å². The molecule has 0 aromatic rings. The molecule has 2 N–H and O–H groups in total. The number of nitrogens with zero attached hydrogens (tertiary/aromatic N) is 3. The summed E-state index contributed by atoms with van der Waals surface area (Å²) in [6.45, 7) is 8.60. The molecule has 2 heterocycles. The molecule has 1 aliphatic carbocycles. The molecule has 3 rings (SSSR count). The monoisotopic (exact) mass is 422 g/mol. The van der Waals surface area contributed by atoms with Crippen molar-refractivity contribution in [1.82, 2.24) is 14.7 Å². The minimum atomic E-state index is 0. The number of nitrogens with two attached hydrogens (primary N) is 1. The van der Waals surface area contributed by atoms with Gasteiger partial charge in [0, 0.05) is 57.6 Å². The van der Waals surface area contributed by atoms with Gasteiger partial charge in [0.1, 0.15) is 0 Å². The van der Waals surface area contributed by atoms with Crippen LogP contribution in [0, 0.1) is 11.8 Å². The molecule has 2 saturated heterocycles. The number of likely N-dealkylation sites (tertiary alicyclic amines) is 1. The normalized spacial score (nSPS) is 27.0. The third kappa shape index (κ3) is 6.48. The van der Waals surface area contributed by atoms with E-state index < -0.39 is 0 Å². The molecule has 1 saturated carbocycles. The Morgan fingerprint density at radius 2 is 1.52 bits per heavy atom. The van der Waals surface area contributed by atoms with Crippen molar-refractivity contribution in [3.63, 3.8) is 0 Å². The summed E-state index contributed by atoms with van der Waals surface area (Å²) in [4.78, 5) is 31.5. The zero-order chi connectivity index (χ0) is 17.8. The number of piperazine rings is 1. The number of carbonyl (C=O) groups excluding carboxylic acids is 2. The van der Waals surface area contributed by atoms with Crippen LogP contribution in [0.4, 0.5) is 0 Å². The summed E-state index contributed by atoms with van der Waals surface area (Å²) in [5, 5.41) is 0. The van der Waals surface area contributed by atoms with Gasteiger partial charge in [0.05, 0.1) is 0 Å². The average Bonchev–Trinajstić information content (AvgIpc) is 3.08. The summed E-state index contributed by atoms with van der Waals surface area (Å²) >= 11 is 0. The lowest BCUT2D eigenvalue weighted by atomic mass is 9.92. The predicted octanol–water partition coefficient (Wildman–Crippen LogP) is 1.75. The first-order valence-corrected chi connectivity index (χ1v) is 10.1. The molecular formula is C19H36Cl2N4O2. The SMILES string of the molecule is CCN1CCN(C(=O)CC2CCN(C(=O)C3CCC(N)C3)CC2)CC1.Cl.Cl. The molecule has 0 spiro atoms. The number of carbonyl (C=O) groups is 2. The summed E-state index contributed by atoms with van der Waals surface area (Å²) in [5.41, 5.74) is 5.94. The minimum absolute atomic E-state index is 0.